The van der Waals surface area contributed by atoms with Gasteiger partial charge in [0.05, 0.1) is 12.2 Å². The van der Waals surface area contributed by atoms with E-state index in [0.717, 1.165) is 17.9 Å². The monoisotopic (exact) mass is 232 g/mol. The molecule has 0 radical (unpaired) electrons. The van der Waals surface area contributed by atoms with Crippen molar-refractivity contribution in [3.05, 3.63) is 30.0 Å². The van der Waals surface area contributed by atoms with Crippen molar-refractivity contribution in [2.24, 2.45) is 0 Å². The number of nitrogen functional groups attached to an aromatic ring is 1. The van der Waals surface area contributed by atoms with Crippen molar-refractivity contribution in [1.29, 1.82) is 0 Å². The molecular formula is C11H16N6. The molecular weight excluding hydrogens is 216 g/mol. The van der Waals surface area contributed by atoms with Gasteiger partial charge in [-0.1, -0.05) is 0 Å². The average Bonchev–Trinajstić information content (AvgIpc) is 2.78. The zero-order valence-electron chi connectivity index (χ0n) is 10.0. The zero-order chi connectivity index (χ0) is 12.3. The molecule has 3 N–H and O–H groups in total. The molecule has 0 unspecified atom stereocenters. The lowest BCUT2D eigenvalue weighted by molar-refractivity contribution is 0.707. The summed E-state index contributed by atoms with van der Waals surface area (Å²) < 4.78 is 1.97. The number of anilines is 2. The van der Waals surface area contributed by atoms with E-state index in [0.29, 0.717) is 18.1 Å². The van der Waals surface area contributed by atoms with Crippen molar-refractivity contribution < 1.29 is 0 Å². The summed E-state index contributed by atoms with van der Waals surface area (Å²) in [7, 11) is 0. The van der Waals surface area contributed by atoms with Crippen molar-refractivity contribution in [3.8, 4) is 0 Å². The Morgan fingerprint density at radius 2 is 2.29 bits per heavy atom. The summed E-state index contributed by atoms with van der Waals surface area (Å²) in [4.78, 5) is 4.20. The van der Waals surface area contributed by atoms with Gasteiger partial charge in [0, 0.05) is 12.7 Å². The maximum Gasteiger partial charge on any atom is 0.152 e. The van der Waals surface area contributed by atoms with Crippen molar-refractivity contribution in [3.63, 3.8) is 0 Å². The minimum atomic E-state index is 0.564. The van der Waals surface area contributed by atoms with Crippen molar-refractivity contribution in [1.82, 2.24) is 19.7 Å². The highest BCUT2D eigenvalue weighted by Crippen LogP contribution is 2.18. The van der Waals surface area contributed by atoms with Gasteiger partial charge in [0.2, 0.25) is 0 Å². The summed E-state index contributed by atoms with van der Waals surface area (Å²) >= 11 is 0. The van der Waals surface area contributed by atoms with E-state index in [1.807, 2.05) is 24.5 Å². The highest BCUT2D eigenvalue weighted by atomic mass is 15.3. The molecule has 0 spiro atoms. The Morgan fingerprint density at radius 3 is 3.06 bits per heavy atom. The minimum absolute atomic E-state index is 0.564. The molecule has 0 aliphatic heterocycles. The van der Waals surface area contributed by atoms with E-state index in [4.69, 9.17) is 5.73 Å². The van der Waals surface area contributed by atoms with Crippen molar-refractivity contribution >= 4 is 11.5 Å². The third-order valence-electron chi connectivity index (χ3n) is 2.66. The normalized spacial score (nSPS) is 10.5. The van der Waals surface area contributed by atoms with Gasteiger partial charge in [0.15, 0.2) is 5.82 Å². The van der Waals surface area contributed by atoms with Crippen LogP contribution in [0.2, 0.25) is 0 Å². The fraction of sp³-hybridized carbons (Fsp3) is 0.364. The van der Waals surface area contributed by atoms with Gasteiger partial charge in [-0.15, -0.1) is 10.2 Å². The SMILES string of the molecule is CCn1cnnc1CNc1nccc(C)c1N. The summed E-state index contributed by atoms with van der Waals surface area (Å²) in [6, 6.07) is 1.88. The molecule has 0 fully saturated rings. The number of pyridine rings is 1. The Hall–Kier alpha value is -2.11. The summed E-state index contributed by atoms with van der Waals surface area (Å²) in [6.45, 7) is 5.41. The quantitative estimate of drug-likeness (QED) is 0.827. The van der Waals surface area contributed by atoms with Crippen LogP contribution in [-0.2, 0) is 13.1 Å². The average molecular weight is 232 g/mol. The van der Waals surface area contributed by atoms with E-state index in [9.17, 15) is 0 Å². The first-order valence-electron chi connectivity index (χ1n) is 5.54. The molecule has 6 nitrogen and oxygen atoms in total. The lowest BCUT2D eigenvalue weighted by atomic mass is 10.2. The highest BCUT2D eigenvalue weighted by molar-refractivity contribution is 5.64. The molecule has 2 aromatic heterocycles. The lowest BCUT2D eigenvalue weighted by Crippen LogP contribution is -2.10. The van der Waals surface area contributed by atoms with E-state index >= 15 is 0 Å². The first-order valence-corrected chi connectivity index (χ1v) is 5.54. The predicted molar refractivity (Wildman–Crippen MR) is 66.4 cm³/mol. The molecule has 0 aliphatic carbocycles. The van der Waals surface area contributed by atoms with E-state index in [1.54, 1.807) is 12.5 Å². The van der Waals surface area contributed by atoms with E-state index in [2.05, 4.69) is 20.5 Å². The predicted octanol–water partition coefficient (Wildman–Crippen LogP) is 1.20. The topological polar surface area (TPSA) is 81.7 Å². The molecule has 0 atom stereocenters. The van der Waals surface area contributed by atoms with E-state index in [1.165, 1.54) is 0 Å². The molecule has 0 aliphatic rings. The van der Waals surface area contributed by atoms with Gasteiger partial charge in [-0.2, -0.15) is 0 Å². The molecule has 90 valence electrons. The Labute approximate surface area is 99.9 Å². The lowest BCUT2D eigenvalue weighted by Gasteiger charge is -2.09. The number of hydrogen-bond acceptors (Lipinski definition) is 5. The summed E-state index contributed by atoms with van der Waals surface area (Å²) in [5.74, 6) is 1.56. The smallest absolute Gasteiger partial charge is 0.152 e. The number of nitrogens with one attached hydrogen (secondary N) is 1. The number of nitrogens with two attached hydrogens (primary N) is 1. The maximum atomic E-state index is 5.92. The summed E-state index contributed by atoms with van der Waals surface area (Å²) in [5, 5.41) is 11.1. The molecule has 6 heteroatoms. The fourth-order valence-electron chi connectivity index (χ4n) is 1.55. The van der Waals surface area contributed by atoms with Gasteiger partial charge < -0.3 is 15.6 Å². The molecule has 0 saturated carbocycles. The van der Waals surface area contributed by atoms with Gasteiger partial charge in [-0.25, -0.2) is 4.98 Å². The van der Waals surface area contributed by atoms with Crippen LogP contribution >= 0.6 is 0 Å². The van der Waals surface area contributed by atoms with Gasteiger partial charge in [0.25, 0.3) is 0 Å². The third kappa shape index (κ3) is 2.35. The minimum Gasteiger partial charge on any atom is -0.396 e. The van der Waals surface area contributed by atoms with Crippen molar-refractivity contribution in [2.75, 3.05) is 11.1 Å². The molecule has 2 aromatic rings. The Balaban J connectivity index is 2.10. The van der Waals surface area contributed by atoms with E-state index in [-0.39, 0.29) is 0 Å². The zero-order valence-corrected chi connectivity index (χ0v) is 10.0. The second-order valence-corrected chi connectivity index (χ2v) is 3.78. The fourth-order valence-corrected chi connectivity index (χ4v) is 1.55. The molecule has 2 rings (SSSR count). The third-order valence-corrected chi connectivity index (χ3v) is 2.66. The van der Waals surface area contributed by atoms with Crippen LogP contribution in [0.5, 0.6) is 0 Å². The molecule has 0 aromatic carbocycles. The molecule has 17 heavy (non-hydrogen) atoms. The van der Waals surface area contributed by atoms with Gasteiger partial charge >= 0.3 is 0 Å². The van der Waals surface area contributed by atoms with Gasteiger partial charge in [-0.05, 0) is 25.5 Å². The van der Waals surface area contributed by atoms with Crippen LogP contribution in [0.1, 0.15) is 18.3 Å². The van der Waals surface area contributed by atoms with Crippen LogP contribution in [0, 0.1) is 6.92 Å². The van der Waals surface area contributed by atoms with Crippen LogP contribution in [0.4, 0.5) is 11.5 Å². The molecule has 2 heterocycles. The second kappa shape index (κ2) is 4.82. The standard InChI is InChI=1S/C11H16N6/c1-3-17-7-15-16-9(17)6-14-11-10(12)8(2)4-5-13-11/h4-5,7H,3,6,12H2,1-2H3,(H,13,14). The number of rotatable bonds is 4. The van der Waals surface area contributed by atoms with Crippen LogP contribution < -0.4 is 11.1 Å². The highest BCUT2D eigenvalue weighted by Gasteiger charge is 2.05. The second-order valence-electron chi connectivity index (χ2n) is 3.78. The van der Waals surface area contributed by atoms with Gasteiger partial charge in [0.1, 0.15) is 12.1 Å². The Bertz CT molecular complexity index is 504. The Kier molecular flexibility index (Phi) is 3.22. The Morgan fingerprint density at radius 1 is 1.47 bits per heavy atom. The number of nitrogens with zero attached hydrogens (tertiary/aromatic N) is 4. The number of aromatic nitrogens is 4. The number of aryl methyl sites for hydroxylation is 2. The molecule has 0 amide bonds. The number of hydrogen-bond donors (Lipinski definition) is 2. The van der Waals surface area contributed by atoms with Crippen LogP contribution in [0.3, 0.4) is 0 Å². The first kappa shape index (κ1) is 11.4. The van der Waals surface area contributed by atoms with Crippen LogP contribution in [-0.4, -0.2) is 19.7 Å². The molecule has 0 bridgehead atoms. The first-order chi connectivity index (χ1) is 8.22. The van der Waals surface area contributed by atoms with Crippen LogP contribution in [0.15, 0.2) is 18.6 Å². The summed E-state index contributed by atoms with van der Waals surface area (Å²) in [6.07, 6.45) is 3.45. The van der Waals surface area contributed by atoms with Crippen molar-refractivity contribution in [2.45, 2.75) is 26.9 Å². The van der Waals surface area contributed by atoms with Crippen LogP contribution in [0.25, 0.3) is 0 Å². The van der Waals surface area contributed by atoms with Gasteiger partial charge in [-0.3, -0.25) is 0 Å². The maximum absolute atomic E-state index is 5.92. The molecule has 0 saturated heterocycles. The summed E-state index contributed by atoms with van der Waals surface area (Å²) in [5.41, 5.74) is 7.61. The largest absolute Gasteiger partial charge is 0.396 e. The van der Waals surface area contributed by atoms with E-state index < -0.39 is 0 Å².